The topological polar surface area (TPSA) is 354 Å². The molecule has 1 aliphatic carbocycles. The molecule has 5 rings (SSSR count). The van der Waals surface area contributed by atoms with Gasteiger partial charge in [-0.15, -0.1) is 10.2 Å². The van der Waals surface area contributed by atoms with Crippen molar-refractivity contribution in [1.82, 2.24) is 30.0 Å². The highest BCUT2D eigenvalue weighted by Gasteiger charge is 2.45. The molecule has 0 radical (unpaired) electrons. The quantitative estimate of drug-likeness (QED) is 0.174. The Kier molecular flexibility index (Phi) is 6.07. The molecule has 0 saturated carbocycles. The van der Waals surface area contributed by atoms with Crippen LogP contribution in [0.1, 0.15) is 32.4 Å². The van der Waals surface area contributed by atoms with Gasteiger partial charge < -0.3 is 0 Å². The summed E-state index contributed by atoms with van der Waals surface area (Å²) in [6.07, 6.45) is 0. The molecule has 26 nitrogen and oxygen atoms in total. The van der Waals surface area contributed by atoms with Crippen molar-refractivity contribution in [3.05, 3.63) is 108 Å². The van der Waals surface area contributed by atoms with E-state index < -0.39 is 109 Å². The predicted molar refractivity (Wildman–Crippen MR) is 130 cm³/mol. The van der Waals surface area contributed by atoms with Crippen LogP contribution in [0.25, 0.3) is 11.4 Å². The Bertz CT molecular complexity index is 1880. The summed E-state index contributed by atoms with van der Waals surface area (Å²) in [7, 11) is 0. The summed E-state index contributed by atoms with van der Waals surface area (Å²) in [5.74, 6) is -2.83. The van der Waals surface area contributed by atoms with Gasteiger partial charge in [0.2, 0.25) is 22.9 Å². The Morgan fingerprint density at radius 3 is 1.02 bits per heavy atom. The second-order valence-corrected chi connectivity index (χ2v) is 8.26. The second kappa shape index (κ2) is 9.53. The van der Waals surface area contributed by atoms with Crippen LogP contribution in [0.2, 0.25) is 0 Å². The van der Waals surface area contributed by atoms with Crippen LogP contribution in [0.5, 0.6) is 0 Å². The van der Waals surface area contributed by atoms with Crippen molar-refractivity contribution in [2.75, 3.05) is 0 Å². The maximum absolute atomic E-state index is 13.8. The molecule has 0 aliphatic heterocycles. The molecule has 2 aromatic heterocycles. The molecule has 0 fully saturated rings. The Labute approximate surface area is 234 Å². The minimum absolute atomic E-state index is 0.147. The number of non-ortho nitro benzene ring substituents is 2. The largest absolute Gasteiger partial charge is 0.308 e. The maximum Gasteiger partial charge on any atom is 0.308 e. The van der Waals surface area contributed by atoms with Crippen LogP contribution in [0.15, 0.2) is 24.3 Å². The molecular formula is C18H4N12O14. The molecule has 0 N–H and O–H groups in total. The number of nitrogens with zero attached hydrogens (tertiary/aromatic N) is 12. The first kappa shape index (κ1) is 28.0. The smallest absolute Gasteiger partial charge is 0.285 e. The van der Waals surface area contributed by atoms with Crippen molar-refractivity contribution >= 4 is 45.7 Å². The third-order valence-corrected chi connectivity index (χ3v) is 5.94. The highest BCUT2D eigenvalue weighted by Crippen LogP contribution is 2.41. The van der Waals surface area contributed by atoms with Gasteiger partial charge in [0.1, 0.15) is 11.4 Å². The van der Waals surface area contributed by atoms with Crippen molar-refractivity contribution < 1.29 is 39.1 Å². The zero-order chi connectivity index (χ0) is 32.4. The number of carbonyl (C=O) groups excluding carboxylic acids is 2. The van der Waals surface area contributed by atoms with E-state index in [-0.39, 0.29) is 9.36 Å². The van der Waals surface area contributed by atoms with Crippen LogP contribution in [0.4, 0.5) is 34.1 Å². The summed E-state index contributed by atoms with van der Waals surface area (Å²) in [6.45, 7) is 0. The Balaban J connectivity index is 1.83. The fourth-order valence-electron chi connectivity index (χ4n) is 4.20. The van der Waals surface area contributed by atoms with Gasteiger partial charge in [0.25, 0.3) is 11.4 Å². The Hall–Kier alpha value is -7.54. The molecule has 2 heterocycles. The number of hydrogen-bond acceptors (Lipinski definition) is 18. The third kappa shape index (κ3) is 3.98. The molecule has 0 unspecified atom stereocenters. The molecule has 44 heavy (non-hydrogen) atoms. The molecule has 4 aromatic rings. The normalized spacial score (nSPS) is 11.9. The molecule has 0 spiro atoms. The van der Waals surface area contributed by atoms with Gasteiger partial charge in [-0.25, -0.2) is 0 Å². The van der Waals surface area contributed by atoms with Gasteiger partial charge in [-0.1, -0.05) is 10.4 Å². The molecular weight excluding hydrogens is 608 g/mol. The van der Waals surface area contributed by atoms with Crippen molar-refractivity contribution in [1.29, 1.82) is 0 Å². The van der Waals surface area contributed by atoms with E-state index in [1.807, 2.05) is 0 Å². The summed E-state index contributed by atoms with van der Waals surface area (Å²) in [5.41, 5.74) is -13.8. The van der Waals surface area contributed by atoms with Crippen molar-refractivity contribution in [2.45, 2.75) is 0 Å². The van der Waals surface area contributed by atoms with Crippen LogP contribution in [0, 0.1) is 60.7 Å². The lowest BCUT2D eigenvalue weighted by atomic mass is 9.98. The number of nitro groups is 6. The summed E-state index contributed by atoms with van der Waals surface area (Å²) in [4.78, 5) is 89.1. The van der Waals surface area contributed by atoms with E-state index >= 15 is 0 Å². The number of benzene rings is 2. The van der Waals surface area contributed by atoms with Gasteiger partial charge >= 0.3 is 22.7 Å². The first-order valence-electron chi connectivity index (χ1n) is 10.9. The van der Waals surface area contributed by atoms with Gasteiger partial charge in [-0.2, -0.15) is 9.36 Å². The molecule has 220 valence electrons. The highest BCUT2D eigenvalue weighted by molar-refractivity contribution is 6.26. The molecule has 0 saturated heterocycles. The van der Waals surface area contributed by atoms with Crippen LogP contribution < -0.4 is 0 Å². The number of carbonyl (C=O) groups is 2. The second-order valence-electron chi connectivity index (χ2n) is 8.26. The minimum Gasteiger partial charge on any atom is -0.285 e. The fraction of sp³-hybridized carbons (Fsp3) is 0. The number of rotatable bonds is 8. The SMILES string of the molecule is O=C1c2nnn(-c3c([N+](=O)[O-])cc([N+](=O)[O-])cc3[N+](=O)[O-])c2C(=O)c2c1nnn2-c1c([N+](=O)[O-])cc([N+](=O)[O-])cc1[N+](=O)[O-]. The van der Waals surface area contributed by atoms with E-state index in [4.69, 9.17) is 0 Å². The van der Waals surface area contributed by atoms with Gasteiger partial charge in [-0.05, 0) is 0 Å². The van der Waals surface area contributed by atoms with E-state index in [9.17, 15) is 70.3 Å². The van der Waals surface area contributed by atoms with E-state index in [1.165, 1.54) is 0 Å². The van der Waals surface area contributed by atoms with Gasteiger partial charge in [0.15, 0.2) is 11.4 Å². The lowest BCUT2D eigenvalue weighted by molar-refractivity contribution is -0.403. The fourth-order valence-corrected chi connectivity index (χ4v) is 4.20. The van der Waals surface area contributed by atoms with Crippen LogP contribution >= 0.6 is 0 Å². The van der Waals surface area contributed by atoms with E-state index in [0.29, 0.717) is 24.3 Å². The first-order valence-corrected chi connectivity index (χ1v) is 10.9. The van der Waals surface area contributed by atoms with Crippen molar-refractivity contribution in [3.63, 3.8) is 0 Å². The van der Waals surface area contributed by atoms with Crippen LogP contribution in [0.3, 0.4) is 0 Å². The summed E-state index contributed by atoms with van der Waals surface area (Å²) < 4.78 is 0.295. The van der Waals surface area contributed by atoms with E-state index in [0.717, 1.165) is 0 Å². The molecule has 0 atom stereocenters. The molecule has 0 amide bonds. The van der Waals surface area contributed by atoms with Gasteiger partial charge in [0.05, 0.1) is 53.8 Å². The number of fused-ring (bicyclic) bond motifs is 2. The zero-order valence-corrected chi connectivity index (χ0v) is 20.4. The molecule has 1 aliphatic rings. The number of hydrogen-bond donors (Lipinski definition) is 0. The monoisotopic (exact) mass is 612 g/mol. The molecule has 26 heteroatoms. The minimum atomic E-state index is -1.51. The average molecular weight is 612 g/mol. The van der Waals surface area contributed by atoms with Gasteiger partial charge in [0, 0.05) is 0 Å². The van der Waals surface area contributed by atoms with Crippen molar-refractivity contribution in [3.8, 4) is 11.4 Å². The Morgan fingerprint density at radius 1 is 0.477 bits per heavy atom. The standard InChI is InChI=1S/C18H4N12O14/c31-17-11-15(23(21-19-11)13-7(27(37)38)1-5(25(33)34)2-8(13)28(39)40)18(32)16-12(17)20-22-24(16)14-9(29(41)42)3-6(26(35)36)4-10(14)30(43)44/h1-4H. The van der Waals surface area contributed by atoms with Crippen LogP contribution in [-0.4, -0.2) is 71.1 Å². The maximum atomic E-state index is 13.8. The first-order chi connectivity index (χ1) is 20.6. The predicted octanol–water partition coefficient (Wildman–Crippen LogP) is 1.07. The molecule has 0 bridgehead atoms. The number of ketones is 2. The van der Waals surface area contributed by atoms with Crippen molar-refractivity contribution in [2.24, 2.45) is 0 Å². The summed E-state index contributed by atoms with van der Waals surface area (Å²) in [6, 6.07) is 1.19. The van der Waals surface area contributed by atoms with E-state index in [1.54, 1.807) is 0 Å². The molecule has 2 aromatic carbocycles. The van der Waals surface area contributed by atoms with E-state index in [2.05, 4.69) is 20.6 Å². The Morgan fingerprint density at radius 2 is 0.773 bits per heavy atom. The van der Waals surface area contributed by atoms with Gasteiger partial charge in [-0.3, -0.25) is 70.3 Å². The third-order valence-electron chi connectivity index (χ3n) is 5.94. The average Bonchev–Trinajstić information content (AvgIpc) is 3.60. The van der Waals surface area contributed by atoms with Crippen LogP contribution in [-0.2, 0) is 0 Å². The zero-order valence-electron chi connectivity index (χ0n) is 20.4. The lowest BCUT2D eigenvalue weighted by Gasteiger charge is -2.13. The number of nitro benzene ring substituents is 6. The highest BCUT2D eigenvalue weighted by atomic mass is 16.6. The lowest BCUT2D eigenvalue weighted by Crippen LogP contribution is -2.26. The summed E-state index contributed by atoms with van der Waals surface area (Å²) >= 11 is 0. The summed E-state index contributed by atoms with van der Waals surface area (Å²) in [5, 5.41) is 83.4. The number of aromatic nitrogens is 6.